The summed E-state index contributed by atoms with van der Waals surface area (Å²) in [5, 5.41) is 25.7. The zero-order valence-electron chi connectivity index (χ0n) is 9.13. The van der Waals surface area contributed by atoms with Gasteiger partial charge < -0.3 is 10.4 Å². The maximum absolute atomic E-state index is 9.94. The number of hydrogen-bond acceptors (Lipinski definition) is 4. The van der Waals surface area contributed by atoms with E-state index >= 15 is 0 Å². The van der Waals surface area contributed by atoms with E-state index in [4.69, 9.17) is 5.26 Å². The fourth-order valence-corrected chi connectivity index (χ4v) is 2.09. The smallest absolute Gasteiger partial charge is 0.0991 e. The number of rotatable bonds is 4. The van der Waals surface area contributed by atoms with Crippen LogP contribution in [0.15, 0.2) is 41.1 Å². The number of benzene rings is 1. The van der Waals surface area contributed by atoms with Crippen LogP contribution >= 0.6 is 11.3 Å². The molecule has 4 heteroatoms. The third-order valence-electron chi connectivity index (χ3n) is 2.45. The Balaban J connectivity index is 1.95. The lowest BCUT2D eigenvalue weighted by Crippen LogP contribution is -2.11. The molecule has 1 heterocycles. The van der Waals surface area contributed by atoms with Crippen molar-refractivity contribution in [2.75, 3.05) is 11.9 Å². The average molecular weight is 244 g/mol. The van der Waals surface area contributed by atoms with Gasteiger partial charge in [-0.15, -0.1) is 0 Å². The fraction of sp³-hybridized carbons (Fsp3) is 0.154. The normalized spacial score (nSPS) is 11.8. The van der Waals surface area contributed by atoms with Crippen LogP contribution in [0.4, 0.5) is 5.69 Å². The van der Waals surface area contributed by atoms with Gasteiger partial charge in [-0.3, -0.25) is 0 Å². The van der Waals surface area contributed by atoms with E-state index in [2.05, 4.69) is 11.4 Å². The first-order chi connectivity index (χ1) is 8.29. The minimum Gasteiger partial charge on any atom is -0.387 e. The molecule has 0 aliphatic heterocycles. The van der Waals surface area contributed by atoms with Crippen LogP contribution in [0, 0.1) is 11.3 Å². The lowest BCUT2D eigenvalue weighted by atomic mass is 10.1. The Morgan fingerprint density at radius 2 is 2.06 bits per heavy atom. The molecule has 0 fully saturated rings. The third-order valence-corrected chi connectivity index (χ3v) is 3.13. The molecule has 0 aliphatic rings. The standard InChI is InChI=1S/C13H12N2OS/c14-7-10-1-3-11(4-2-10)13(16)8-15-12-5-6-17-9-12/h1-6,9,13,15-16H,8H2. The highest BCUT2D eigenvalue weighted by molar-refractivity contribution is 7.08. The largest absolute Gasteiger partial charge is 0.387 e. The zero-order chi connectivity index (χ0) is 12.1. The summed E-state index contributed by atoms with van der Waals surface area (Å²) in [6.45, 7) is 0.461. The SMILES string of the molecule is N#Cc1ccc(C(O)CNc2ccsc2)cc1. The van der Waals surface area contributed by atoms with Crippen LogP contribution < -0.4 is 5.32 Å². The monoisotopic (exact) mass is 244 g/mol. The molecule has 86 valence electrons. The summed E-state index contributed by atoms with van der Waals surface area (Å²) in [6, 6.07) is 11.0. The van der Waals surface area contributed by atoms with Gasteiger partial charge in [0.1, 0.15) is 0 Å². The van der Waals surface area contributed by atoms with Crippen molar-refractivity contribution in [3.63, 3.8) is 0 Å². The van der Waals surface area contributed by atoms with E-state index in [0.29, 0.717) is 12.1 Å². The molecule has 1 aromatic heterocycles. The topological polar surface area (TPSA) is 56.0 Å². The maximum Gasteiger partial charge on any atom is 0.0991 e. The van der Waals surface area contributed by atoms with E-state index < -0.39 is 6.10 Å². The van der Waals surface area contributed by atoms with Crippen molar-refractivity contribution in [3.8, 4) is 6.07 Å². The van der Waals surface area contributed by atoms with Gasteiger partial charge >= 0.3 is 0 Å². The maximum atomic E-state index is 9.94. The van der Waals surface area contributed by atoms with Gasteiger partial charge in [0.25, 0.3) is 0 Å². The van der Waals surface area contributed by atoms with Crippen LogP contribution in [-0.2, 0) is 0 Å². The molecule has 17 heavy (non-hydrogen) atoms. The predicted molar refractivity (Wildman–Crippen MR) is 68.9 cm³/mol. The molecule has 0 amide bonds. The molecule has 2 aromatic rings. The number of aliphatic hydroxyl groups excluding tert-OH is 1. The van der Waals surface area contributed by atoms with E-state index in [0.717, 1.165) is 11.3 Å². The van der Waals surface area contributed by atoms with Crippen molar-refractivity contribution in [2.24, 2.45) is 0 Å². The Morgan fingerprint density at radius 3 is 2.65 bits per heavy atom. The minimum atomic E-state index is -0.567. The zero-order valence-corrected chi connectivity index (χ0v) is 9.95. The Morgan fingerprint density at radius 1 is 1.29 bits per heavy atom. The molecule has 0 radical (unpaired) electrons. The van der Waals surface area contributed by atoms with Gasteiger partial charge in [0.2, 0.25) is 0 Å². The minimum absolute atomic E-state index is 0.461. The Hall–Kier alpha value is -1.83. The molecule has 1 unspecified atom stereocenters. The van der Waals surface area contributed by atoms with Gasteiger partial charge in [-0.25, -0.2) is 0 Å². The van der Waals surface area contributed by atoms with Gasteiger partial charge in [0.15, 0.2) is 0 Å². The molecule has 3 nitrogen and oxygen atoms in total. The van der Waals surface area contributed by atoms with Gasteiger partial charge in [-0.2, -0.15) is 16.6 Å². The molecule has 0 bridgehead atoms. The molecule has 0 spiro atoms. The fourth-order valence-electron chi connectivity index (χ4n) is 1.48. The van der Waals surface area contributed by atoms with E-state index in [1.807, 2.05) is 16.8 Å². The van der Waals surface area contributed by atoms with Crippen LogP contribution in [0.25, 0.3) is 0 Å². The van der Waals surface area contributed by atoms with Crippen molar-refractivity contribution in [3.05, 3.63) is 52.2 Å². The van der Waals surface area contributed by atoms with Crippen molar-refractivity contribution in [1.82, 2.24) is 0 Å². The second kappa shape index (κ2) is 5.48. The van der Waals surface area contributed by atoms with Gasteiger partial charge in [-0.1, -0.05) is 12.1 Å². The summed E-state index contributed by atoms with van der Waals surface area (Å²) in [7, 11) is 0. The first-order valence-corrected chi connectivity index (χ1v) is 6.18. The van der Waals surface area contributed by atoms with Crippen molar-refractivity contribution < 1.29 is 5.11 Å². The van der Waals surface area contributed by atoms with Crippen LogP contribution in [-0.4, -0.2) is 11.7 Å². The summed E-state index contributed by atoms with van der Waals surface area (Å²) < 4.78 is 0. The Labute approximate surface area is 104 Å². The first-order valence-electron chi connectivity index (χ1n) is 5.24. The predicted octanol–water partition coefficient (Wildman–Crippen LogP) is 2.77. The third kappa shape index (κ3) is 3.06. The van der Waals surface area contributed by atoms with Crippen LogP contribution in [0.2, 0.25) is 0 Å². The van der Waals surface area contributed by atoms with Crippen molar-refractivity contribution in [2.45, 2.75) is 6.10 Å². The molecular weight excluding hydrogens is 232 g/mol. The summed E-state index contributed by atoms with van der Waals surface area (Å²) in [4.78, 5) is 0. The number of hydrogen-bond donors (Lipinski definition) is 2. The highest BCUT2D eigenvalue weighted by Gasteiger charge is 2.07. The second-order valence-corrected chi connectivity index (χ2v) is 4.42. The quantitative estimate of drug-likeness (QED) is 0.869. The van der Waals surface area contributed by atoms with E-state index in [1.54, 1.807) is 35.6 Å². The molecular formula is C13H12N2OS. The molecule has 2 N–H and O–H groups in total. The highest BCUT2D eigenvalue weighted by Crippen LogP contribution is 2.16. The molecule has 1 atom stereocenters. The van der Waals surface area contributed by atoms with Gasteiger partial charge in [-0.05, 0) is 29.1 Å². The average Bonchev–Trinajstić information content (AvgIpc) is 2.89. The van der Waals surface area contributed by atoms with Gasteiger partial charge in [0.05, 0.1) is 17.7 Å². The first kappa shape index (κ1) is 11.6. The number of nitriles is 1. The number of thiophene rings is 1. The number of aliphatic hydroxyl groups is 1. The lowest BCUT2D eigenvalue weighted by Gasteiger charge is -2.12. The van der Waals surface area contributed by atoms with Crippen LogP contribution in [0.3, 0.4) is 0 Å². The molecule has 1 aromatic carbocycles. The molecule has 2 rings (SSSR count). The Bertz CT molecular complexity index is 499. The van der Waals surface area contributed by atoms with Crippen LogP contribution in [0.1, 0.15) is 17.2 Å². The second-order valence-electron chi connectivity index (χ2n) is 3.64. The number of nitrogens with zero attached hydrogens (tertiary/aromatic N) is 1. The summed E-state index contributed by atoms with van der Waals surface area (Å²) in [6.07, 6.45) is -0.567. The van der Waals surface area contributed by atoms with E-state index in [-0.39, 0.29) is 0 Å². The molecule has 0 saturated carbocycles. The summed E-state index contributed by atoms with van der Waals surface area (Å²) in [5.74, 6) is 0. The van der Waals surface area contributed by atoms with Crippen molar-refractivity contribution >= 4 is 17.0 Å². The van der Waals surface area contributed by atoms with Crippen molar-refractivity contribution in [1.29, 1.82) is 5.26 Å². The lowest BCUT2D eigenvalue weighted by molar-refractivity contribution is 0.191. The summed E-state index contributed by atoms with van der Waals surface area (Å²) >= 11 is 1.61. The molecule has 0 saturated heterocycles. The van der Waals surface area contributed by atoms with E-state index in [9.17, 15) is 5.11 Å². The summed E-state index contributed by atoms with van der Waals surface area (Å²) in [5.41, 5.74) is 2.43. The highest BCUT2D eigenvalue weighted by atomic mass is 32.1. The molecule has 0 aliphatic carbocycles. The van der Waals surface area contributed by atoms with Gasteiger partial charge in [0, 0.05) is 17.6 Å². The number of nitrogens with one attached hydrogen (secondary N) is 1. The Kier molecular flexibility index (Phi) is 3.76. The van der Waals surface area contributed by atoms with Crippen LogP contribution in [0.5, 0.6) is 0 Å². The van der Waals surface area contributed by atoms with E-state index in [1.165, 1.54) is 0 Å². The number of anilines is 1.